The van der Waals surface area contributed by atoms with Crippen molar-refractivity contribution < 1.29 is 9.53 Å². The van der Waals surface area contributed by atoms with E-state index < -0.39 is 0 Å². The molecule has 0 heterocycles. The van der Waals surface area contributed by atoms with Gasteiger partial charge in [-0.3, -0.25) is 9.69 Å². The Labute approximate surface area is 124 Å². The van der Waals surface area contributed by atoms with E-state index in [0.29, 0.717) is 22.2 Å². The quantitative estimate of drug-likeness (QED) is 0.753. The number of methoxy groups -OCH3 is 1. The lowest BCUT2D eigenvalue weighted by molar-refractivity contribution is 0.0693. The minimum atomic E-state index is -0.274. The molecule has 0 N–H and O–H groups in total. The maximum atomic E-state index is 12.4. The molecule has 106 valence electrons. The zero-order valence-corrected chi connectivity index (χ0v) is 13.1. The van der Waals surface area contributed by atoms with Crippen LogP contribution >= 0.6 is 23.2 Å². The van der Waals surface area contributed by atoms with Crippen molar-refractivity contribution in [2.24, 2.45) is 0 Å². The Hall–Kier alpha value is -0.610. The molecule has 0 aliphatic rings. The highest BCUT2D eigenvalue weighted by molar-refractivity contribution is 6.37. The van der Waals surface area contributed by atoms with Crippen molar-refractivity contribution in [3.05, 3.63) is 33.8 Å². The predicted molar refractivity (Wildman–Crippen MR) is 79.4 cm³/mol. The number of benzene rings is 1. The van der Waals surface area contributed by atoms with Gasteiger partial charge in [-0.05, 0) is 39.1 Å². The Balaban J connectivity index is 2.87. The molecular weight excluding hydrogens is 285 g/mol. The lowest BCUT2D eigenvalue weighted by Crippen LogP contribution is -2.43. The van der Waals surface area contributed by atoms with Crippen molar-refractivity contribution in [2.45, 2.75) is 25.9 Å². The van der Waals surface area contributed by atoms with Crippen LogP contribution in [0.4, 0.5) is 0 Å². The minimum absolute atomic E-state index is 0.0212. The number of ketones is 1. The summed E-state index contributed by atoms with van der Waals surface area (Å²) in [7, 11) is 3.54. The van der Waals surface area contributed by atoms with Gasteiger partial charge in [-0.15, -0.1) is 0 Å². The van der Waals surface area contributed by atoms with E-state index in [1.54, 1.807) is 25.3 Å². The van der Waals surface area contributed by atoms with E-state index >= 15 is 0 Å². The Bertz CT molecular complexity index is 451. The van der Waals surface area contributed by atoms with Gasteiger partial charge in [0.25, 0.3) is 0 Å². The molecule has 0 amide bonds. The summed E-state index contributed by atoms with van der Waals surface area (Å²) in [6, 6.07) is 4.80. The van der Waals surface area contributed by atoms with Gasteiger partial charge in [-0.2, -0.15) is 0 Å². The Morgan fingerprint density at radius 2 is 2.00 bits per heavy atom. The Morgan fingerprint density at radius 3 is 2.53 bits per heavy atom. The molecule has 2 unspecified atom stereocenters. The number of carbonyl (C=O) groups is 1. The molecule has 0 bridgehead atoms. The van der Waals surface area contributed by atoms with Crippen LogP contribution in [0.3, 0.4) is 0 Å². The molecule has 2 atom stereocenters. The van der Waals surface area contributed by atoms with Crippen LogP contribution in [0.25, 0.3) is 0 Å². The van der Waals surface area contributed by atoms with Crippen LogP contribution < -0.4 is 0 Å². The zero-order chi connectivity index (χ0) is 14.6. The number of halogens is 2. The van der Waals surface area contributed by atoms with E-state index in [1.807, 2.05) is 25.8 Å². The molecule has 0 spiro atoms. The molecule has 0 aromatic heterocycles. The van der Waals surface area contributed by atoms with Crippen LogP contribution in [0.1, 0.15) is 24.2 Å². The van der Waals surface area contributed by atoms with E-state index in [-0.39, 0.29) is 17.9 Å². The first-order valence-corrected chi connectivity index (χ1v) is 6.84. The standard InChI is InChI=1S/C14H19Cl2NO2/c1-9(8-19-4)17(3)10(2)14(18)12-6-5-11(15)7-13(12)16/h5-7,9-10H,8H2,1-4H3. The highest BCUT2D eigenvalue weighted by Gasteiger charge is 2.24. The number of rotatable bonds is 6. The third-order valence-corrected chi connectivity index (χ3v) is 3.84. The molecule has 1 rings (SSSR count). The van der Waals surface area contributed by atoms with Crippen molar-refractivity contribution in [3.8, 4) is 0 Å². The summed E-state index contributed by atoms with van der Waals surface area (Å²) < 4.78 is 5.10. The van der Waals surface area contributed by atoms with Gasteiger partial charge in [0.15, 0.2) is 5.78 Å². The number of carbonyl (C=O) groups excluding carboxylic acids is 1. The maximum Gasteiger partial charge on any atom is 0.181 e. The molecule has 1 aromatic carbocycles. The second-order valence-electron chi connectivity index (χ2n) is 4.63. The van der Waals surface area contributed by atoms with E-state index in [2.05, 4.69) is 0 Å². The van der Waals surface area contributed by atoms with Crippen molar-refractivity contribution >= 4 is 29.0 Å². The third kappa shape index (κ3) is 4.18. The molecule has 19 heavy (non-hydrogen) atoms. The van der Waals surface area contributed by atoms with Crippen molar-refractivity contribution in [3.63, 3.8) is 0 Å². The van der Waals surface area contributed by atoms with E-state index in [4.69, 9.17) is 27.9 Å². The Kier molecular flexibility index (Phi) is 6.27. The van der Waals surface area contributed by atoms with Crippen LogP contribution in [-0.4, -0.2) is 43.5 Å². The van der Waals surface area contributed by atoms with Crippen LogP contribution in [0.2, 0.25) is 10.0 Å². The summed E-state index contributed by atoms with van der Waals surface area (Å²) >= 11 is 11.9. The lowest BCUT2D eigenvalue weighted by atomic mass is 10.0. The van der Waals surface area contributed by atoms with Gasteiger partial charge >= 0.3 is 0 Å². The molecule has 0 aliphatic heterocycles. The largest absolute Gasteiger partial charge is 0.383 e. The lowest BCUT2D eigenvalue weighted by Gasteiger charge is -2.29. The normalized spacial score (nSPS) is 14.5. The van der Waals surface area contributed by atoms with Crippen LogP contribution in [0.5, 0.6) is 0 Å². The highest BCUT2D eigenvalue weighted by atomic mass is 35.5. The molecule has 3 nitrogen and oxygen atoms in total. The number of likely N-dealkylation sites (N-methyl/N-ethyl adjacent to an activating group) is 1. The molecular formula is C14H19Cl2NO2. The zero-order valence-electron chi connectivity index (χ0n) is 11.6. The maximum absolute atomic E-state index is 12.4. The molecule has 5 heteroatoms. The average Bonchev–Trinajstić information content (AvgIpc) is 2.36. The molecule has 0 radical (unpaired) electrons. The number of nitrogens with zero attached hydrogens (tertiary/aromatic N) is 1. The van der Waals surface area contributed by atoms with Crippen molar-refractivity contribution in [1.29, 1.82) is 0 Å². The van der Waals surface area contributed by atoms with Crippen LogP contribution in [-0.2, 0) is 4.74 Å². The fourth-order valence-electron chi connectivity index (χ4n) is 1.84. The predicted octanol–water partition coefficient (Wildman–Crippen LogP) is 3.53. The summed E-state index contributed by atoms with van der Waals surface area (Å²) in [5.74, 6) is -0.0212. The van der Waals surface area contributed by atoms with Crippen molar-refractivity contribution in [2.75, 3.05) is 20.8 Å². The van der Waals surface area contributed by atoms with Crippen LogP contribution in [0, 0.1) is 0 Å². The second kappa shape index (κ2) is 7.25. The fourth-order valence-corrected chi connectivity index (χ4v) is 2.34. The second-order valence-corrected chi connectivity index (χ2v) is 5.48. The van der Waals surface area contributed by atoms with Gasteiger partial charge in [-0.25, -0.2) is 0 Å². The Morgan fingerprint density at radius 1 is 1.37 bits per heavy atom. The van der Waals surface area contributed by atoms with Crippen LogP contribution in [0.15, 0.2) is 18.2 Å². The number of hydrogen-bond donors (Lipinski definition) is 0. The SMILES string of the molecule is COCC(C)N(C)C(C)C(=O)c1ccc(Cl)cc1Cl. The topological polar surface area (TPSA) is 29.5 Å². The monoisotopic (exact) mass is 303 g/mol. The number of ether oxygens (including phenoxy) is 1. The van der Waals surface area contributed by atoms with Crippen molar-refractivity contribution in [1.82, 2.24) is 4.90 Å². The molecule has 0 saturated heterocycles. The summed E-state index contributed by atoms with van der Waals surface area (Å²) in [4.78, 5) is 14.4. The molecule has 1 aromatic rings. The van der Waals surface area contributed by atoms with E-state index in [0.717, 1.165) is 0 Å². The summed E-state index contributed by atoms with van der Waals surface area (Å²) in [5.41, 5.74) is 0.495. The average molecular weight is 304 g/mol. The summed E-state index contributed by atoms with van der Waals surface area (Å²) in [6.45, 7) is 4.44. The minimum Gasteiger partial charge on any atom is -0.383 e. The van der Waals surface area contributed by atoms with Gasteiger partial charge in [0.1, 0.15) is 0 Å². The summed E-state index contributed by atoms with van der Waals surface area (Å²) in [6.07, 6.45) is 0. The first kappa shape index (κ1) is 16.4. The first-order chi connectivity index (χ1) is 8.88. The smallest absolute Gasteiger partial charge is 0.181 e. The third-order valence-electron chi connectivity index (χ3n) is 3.29. The fraction of sp³-hybridized carbons (Fsp3) is 0.500. The highest BCUT2D eigenvalue weighted by Crippen LogP contribution is 2.23. The van der Waals surface area contributed by atoms with Gasteiger partial charge in [0, 0.05) is 23.7 Å². The van der Waals surface area contributed by atoms with Gasteiger partial charge in [0.2, 0.25) is 0 Å². The molecule has 0 fully saturated rings. The summed E-state index contributed by atoms with van der Waals surface area (Å²) in [5, 5.41) is 0.910. The first-order valence-electron chi connectivity index (χ1n) is 6.08. The van der Waals surface area contributed by atoms with Gasteiger partial charge in [0.05, 0.1) is 17.7 Å². The van der Waals surface area contributed by atoms with E-state index in [9.17, 15) is 4.79 Å². The van der Waals surface area contributed by atoms with Gasteiger partial charge < -0.3 is 4.74 Å². The number of hydrogen-bond acceptors (Lipinski definition) is 3. The molecule has 0 saturated carbocycles. The molecule has 0 aliphatic carbocycles. The van der Waals surface area contributed by atoms with E-state index in [1.165, 1.54) is 0 Å². The van der Waals surface area contributed by atoms with Gasteiger partial charge in [-0.1, -0.05) is 23.2 Å². The number of Topliss-reactive ketones (excluding diaryl/α,β-unsaturated/α-hetero) is 1.